The van der Waals surface area contributed by atoms with Gasteiger partial charge in [-0.2, -0.15) is 0 Å². The third-order valence-electron chi connectivity index (χ3n) is 3.16. The molecule has 2 aromatic heterocycles. The maximum atomic E-state index is 5.94. The van der Waals surface area contributed by atoms with E-state index in [2.05, 4.69) is 41.4 Å². The molecule has 0 atom stereocenters. The number of aromatic nitrogens is 3. The fourth-order valence-corrected chi connectivity index (χ4v) is 2.04. The molecule has 0 bridgehead atoms. The number of nitrogens with two attached hydrogens (primary N) is 1. The normalized spacial score (nSPS) is 11.0. The number of anilines is 1. The summed E-state index contributed by atoms with van der Waals surface area (Å²) >= 11 is 0. The predicted molar refractivity (Wildman–Crippen MR) is 72.3 cm³/mol. The second-order valence-electron chi connectivity index (χ2n) is 4.46. The van der Waals surface area contributed by atoms with Crippen LogP contribution < -0.4 is 5.73 Å². The van der Waals surface area contributed by atoms with E-state index in [1.54, 1.807) is 0 Å². The maximum absolute atomic E-state index is 5.94. The van der Waals surface area contributed by atoms with E-state index in [1.807, 2.05) is 23.5 Å². The van der Waals surface area contributed by atoms with E-state index in [0.29, 0.717) is 0 Å². The monoisotopic (exact) mass is 238 g/mol. The Hall–Kier alpha value is -2.36. The number of hydrogen-bond donors (Lipinski definition) is 1. The fourth-order valence-electron chi connectivity index (χ4n) is 2.04. The van der Waals surface area contributed by atoms with Gasteiger partial charge >= 0.3 is 0 Å². The summed E-state index contributed by atoms with van der Waals surface area (Å²) in [4.78, 5) is 0. The first-order chi connectivity index (χ1) is 8.66. The topological polar surface area (TPSA) is 56.2 Å². The van der Waals surface area contributed by atoms with Crippen molar-refractivity contribution in [3.63, 3.8) is 0 Å². The molecule has 0 aliphatic rings. The molecule has 2 heterocycles. The van der Waals surface area contributed by atoms with Crippen molar-refractivity contribution in [2.45, 2.75) is 13.8 Å². The van der Waals surface area contributed by atoms with Crippen LogP contribution in [0.1, 0.15) is 11.3 Å². The Labute approximate surface area is 105 Å². The van der Waals surface area contributed by atoms with Crippen LogP contribution in [-0.2, 0) is 0 Å². The summed E-state index contributed by atoms with van der Waals surface area (Å²) in [5.74, 6) is 0.829. The molecule has 3 rings (SSSR count). The van der Waals surface area contributed by atoms with Gasteiger partial charge < -0.3 is 5.73 Å². The number of aryl methyl sites for hydroxylation is 2. The lowest BCUT2D eigenvalue weighted by Gasteiger charge is -2.06. The zero-order valence-corrected chi connectivity index (χ0v) is 10.4. The van der Waals surface area contributed by atoms with Crippen molar-refractivity contribution in [1.82, 2.24) is 14.6 Å². The second-order valence-corrected chi connectivity index (χ2v) is 4.46. The highest BCUT2D eigenvalue weighted by atomic mass is 15.3. The fraction of sp³-hybridized carbons (Fsp3) is 0.143. The van der Waals surface area contributed by atoms with Gasteiger partial charge in [-0.3, -0.25) is 4.40 Å². The summed E-state index contributed by atoms with van der Waals surface area (Å²) in [6, 6.07) is 12.0. The second kappa shape index (κ2) is 3.84. The van der Waals surface area contributed by atoms with Crippen molar-refractivity contribution in [2.24, 2.45) is 0 Å². The molecule has 0 spiro atoms. The van der Waals surface area contributed by atoms with Crippen molar-refractivity contribution >= 4 is 11.3 Å². The van der Waals surface area contributed by atoms with E-state index < -0.39 is 0 Å². The van der Waals surface area contributed by atoms with Gasteiger partial charge in [-0.05, 0) is 26.0 Å². The zero-order chi connectivity index (χ0) is 12.7. The molecule has 0 saturated heterocycles. The van der Waals surface area contributed by atoms with Crippen LogP contribution in [0.4, 0.5) is 5.69 Å². The quantitative estimate of drug-likeness (QED) is 0.709. The minimum atomic E-state index is 0.746. The Kier molecular flexibility index (Phi) is 2.30. The molecule has 4 heteroatoms. The highest BCUT2D eigenvalue weighted by molar-refractivity contribution is 5.63. The van der Waals surface area contributed by atoms with E-state index in [-0.39, 0.29) is 0 Å². The lowest BCUT2D eigenvalue weighted by Crippen LogP contribution is -1.99. The summed E-state index contributed by atoms with van der Waals surface area (Å²) in [7, 11) is 0. The maximum Gasteiger partial charge on any atom is 0.168 e. The van der Waals surface area contributed by atoms with Gasteiger partial charge in [-0.15, -0.1) is 10.2 Å². The SMILES string of the molecule is Cc1ccc(-c2nnc3ccc(N)c(C)n23)cc1. The molecule has 0 amide bonds. The van der Waals surface area contributed by atoms with E-state index in [9.17, 15) is 0 Å². The first-order valence-electron chi connectivity index (χ1n) is 5.84. The minimum Gasteiger partial charge on any atom is -0.397 e. The van der Waals surface area contributed by atoms with Crippen LogP contribution in [0.15, 0.2) is 36.4 Å². The van der Waals surface area contributed by atoms with E-state index >= 15 is 0 Å². The summed E-state index contributed by atoms with van der Waals surface area (Å²) in [5.41, 5.74) is 10.7. The van der Waals surface area contributed by atoms with Crippen LogP contribution in [0.5, 0.6) is 0 Å². The van der Waals surface area contributed by atoms with E-state index in [1.165, 1.54) is 5.56 Å². The number of benzene rings is 1. The molecule has 1 aromatic carbocycles. The number of nitrogen functional groups attached to an aromatic ring is 1. The van der Waals surface area contributed by atoms with Gasteiger partial charge in [0.15, 0.2) is 11.5 Å². The van der Waals surface area contributed by atoms with E-state index in [0.717, 1.165) is 28.4 Å². The van der Waals surface area contributed by atoms with Crippen molar-refractivity contribution in [1.29, 1.82) is 0 Å². The molecule has 3 aromatic rings. The van der Waals surface area contributed by atoms with Crippen LogP contribution >= 0.6 is 0 Å². The Balaban J connectivity index is 2.29. The molecule has 0 radical (unpaired) electrons. The smallest absolute Gasteiger partial charge is 0.168 e. The molecular weight excluding hydrogens is 224 g/mol. The largest absolute Gasteiger partial charge is 0.397 e. The van der Waals surface area contributed by atoms with Crippen LogP contribution in [0.25, 0.3) is 17.0 Å². The number of rotatable bonds is 1. The number of pyridine rings is 1. The third-order valence-corrected chi connectivity index (χ3v) is 3.16. The summed E-state index contributed by atoms with van der Waals surface area (Å²) in [5, 5.41) is 8.43. The van der Waals surface area contributed by atoms with Gasteiger partial charge in [0.25, 0.3) is 0 Å². The van der Waals surface area contributed by atoms with Crippen molar-refractivity contribution in [3.05, 3.63) is 47.7 Å². The molecular formula is C14H14N4. The van der Waals surface area contributed by atoms with E-state index in [4.69, 9.17) is 5.73 Å². The van der Waals surface area contributed by atoms with Crippen molar-refractivity contribution in [2.75, 3.05) is 5.73 Å². The molecule has 90 valence electrons. The predicted octanol–water partition coefficient (Wildman–Crippen LogP) is 2.60. The lowest BCUT2D eigenvalue weighted by molar-refractivity contribution is 1.08. The highest BCUT2D eigenvalue weighted by Gasteiger charge is 2.10. The summed E-state index contributed by atoms with van der Waals surface area (Å²) in [6.45, 7) is 4.04. The van der Waals surface area contributed by atoms with Gasteiger partial charge in [-0.1, -0.05) is 29.8 Å². The van der Waals surface area contributed by atoms with Gasteiger partial charge in [-0.25, -0.2) is 0 Å². The number of fused-ring (bicyclic) bond motifs is 1. The first-order valence-corrected chi connectivity index (χ1v) is 5.84. The van der Waals surface area contributed by atoms with Crippen molar-refractivity contribution in [3.8, 4) is 11.4 Å². The average molecular weight is 238 g/mol. The zero-order valence-electron chi connectivity index (χ0n) is 10.4. The number of nitrogens with zero attached hydrogens (tertiary/aromatic N) is 3. The highest BCUT2D eigenvalue weighted by Crippen LogP contribution is 2.22. The first kappa shape index (κ1) is 10.8. The standard InChI is InChI=1S/C14H14N4/c1-9-3-5-11(6-4-9)14-17-16-13-8-7-12(15)10(2)18(13)14/h3-8H,15H2,1-2H3. The molecule has 0 unspecified atom stereocenters. The lowest BCUT2D eigenvalue weighted by atomic mass is 10.1. The minimum absolute atomic E-state index is 0.746. The van der Waals surface area contributed by atoms with Crippen LogP contribution in [-0.4, -0.2) is 14.6 Å². The average Bonchev–Trinajstić information content (AvgIpc) is 2.79. The molecule has 4 nitrogen and oxygen atoms in total. The Morgan fingerprint density at radius 2 is 1.67 bits per heavy atom. The third kappa shape index (κ3) is 1.54. The Bertz CT molecular complexity index is 710. The van der Waals surface area contributed by atoms with Gasteiger partial charge in [0, 0.05) is 11.3 Å². The number of hydrogen-bond acceptors (Lipinski definition) is 3. The van der Waals surface area contributed by atoms with Crippen LogP contribution in [0, 0.1) is 13.8 Å². The Morgan fingerprint density at radius 3 is 2.39 bits per heavy atom. The van der Waals surface area contributed by atoms with Crippen LogP contribution in [0.3, 0.4) is 0 Å². The summed E-state index contributed by atoms with van der Waals surface area (Å²) < 4.78 is 1.99. The summed E-state index contributed by atoms with van der Waals surface area (Å²) in [6.07, 6.45) is 0. The van der Waals surface area contributed by atoms with Gasteiger partial charge in [0.05, 0.1) is 5.69 Å². The van der Waals surface area contributed by atoms with Gasteiger partial charge in [0.2, 0.25) is 0 Å². The Morgan fingerprint density at radius 1 is 0.944 bits per heavy atom. The van der Waals surface area contributed by atoms with Crippen molar-refractivity contribution < 1.29 is 0 Å². The molecule has 0 fully saturated rings. The van der Waals surface area contributed by atoms with Crippen LogP contribution in [0.2, 0.25) is 0 Å². The molecule has 2 N–H and O–H groups in total. The van der Waals surface area contributed by atoms with Gasteiger partial charge in [0.1, 0.15) is 0 Å². The molecule has 0 aliphatic carbocycles. The molecule has 0 saturated carbocycles. The molecule has 0 aliphatic heterocycles. The molecule has 18 heavy (non-hydrogen) atoms.